The third kappa shape index (κ3) is 2.06. The second kappa shape index (κ2) is 4.77. The van der Waals surface area contributed by atoms with Crippen molar-refractivity contribution in [3.8, 4) is 0 Å². The molecule has 98 valence electrons. The lowest BCUT2D eigenvalue weighted by Gasteiger charge is -2.17. The van der Waals surface area contributed by atoms with Crippen molar-refractivity contribution in [2.24, 2.45) is 0 Å². The molecule has 2 aromatic rings. The van der Waals surface area contributed by atoms with Gasteiger partial charge in [-0.2, -0.15) is 0 Å². The van der Waals surface area contributed by atoms with Crippen LogP contribution in [0.15, 0.2) is 28.9 Å². The van der Waals surface area contributed by atoms with Crippen LogP contribution in [-0.2, 0) is 13.0 Å². The number of nitrogens with zero attached hydrogens (tertiary/aromatic N) is 4. The quantitative estimate of drug-likeness (QED) is 0.852. The van der Waals surface area contributed by atoms with Crippen LogP contribution in [0.5, 0.6) is 0 Å². The molecule has 0 fully saturated rings. The van der Waals surface area contributed by atoms with Crippen LogP contribution < -0.4 is 4.90 Å². The van der Waals surface area contributed by atoms with Gasteiger partial charge in [0.05, 0.1) is 6.20 Å². The van der Waals surface area contributed by atoms with Crippen molar-refractivity contribution in [3.63, 3.8) is 0 Å². The van der Waals surface area contributed by atoms with Crippen LogP contribution in [-0.4, -0.2) is 27.4 Å². The van der Waals surface area contributed by atoms with Gasteiger partial charge in [0, 0.05) is 23.2 Å². The van der Waals surface area contributed by atoms with Gasteiger partial charge in [0.1, 0.15) is 5.69 Å². The number of amides is 1. The fraction of sp³-hybridized carbons (Fsp3) is 0.308. The highest BCUT2D eigenvalue weighted by Crippen LogP contribution is 2.31. The average molecular weight is 321 g/mol. The molecule has 19 heavy (non-hydrogen) atoms. The summed E-state index contributed by atoms with van der Waals surface area (Å²) in [6.07, 6.45) is 2.41. The molecule has 0 spiro atoms. The monoisotopic (exact) mass is 320 g/mol. The van der Waals surface area contributed by atoms with Gasteiger partial charge in [-0.25, -0.2) is 4.68 Å². The zero-order chi connectivity index (χ0) is 13.4. The van der Waals surface area contributed by atoms with Crippen molar-refractivity contribution < 1.29 is 4.79 Å². The zero-order valence-corrected chi connectivity index (χ0v) is 12.1. The number of carbonyl (C=O) groups excluding carboxylic acids is 1. The van der Waals surface area contributed by atoms with Crippen LogP contribution in [0.4, 0.5) is 5.69 Å². The molecule has 1 aliphatic heterocycles. The van der Waals surface area contributed by atoms with Crippen molar-refractivity contribution in [2.75, 3.05) is 11.4 Å². The van der Waals surface area contributed by atoms with E-state index < -0.39 is 0 Å². The van der Waals surface area contributed by atoms with Gasteiger partial charge in [-0.05, 0) is 37.1 Å². The van der Waals surface area contributed by atoms with Crippen LogP contribution >= 0.6 is 15.9 Å². The Morgan fingerprint density at radius 2 is 2.32 bits per heavy atom. The topological polar surface area (TPSA) is 51.0 Å². The standard InChI is InChI=1S/C13H13BrN4O/c1-2-18-12(8-15-16-18)13(19)17-6-5-9-7-10(14)3-4-11(9)17/h3-4,7-8H,2,5-6H2,1H3. The van der Waals surface area contributed by atoms with Crippen molar-refractivity contribution in [2.45, 2.75) is 19.9 Å². The number of aryl methyl sites for hydroxylation is 1. The number of hydrogen-bond donors (Lipinski definition) is 0. The van der Waals surface area contributed by atoms with Crippen LogP contribution in [0, 0.1) is 0 Å². The first kappa shape index (κ1) is 12.3. The highest BCUT2D eigenvalue weighted by Gasteiger charge is 2.27. The predicted molar refractivity (Wildman–Crippen MR) is 75.2 cm³/mol. The fourth-order valence-corrected chi connectivity index (χ4v) is 2.78. The van der Waals surface area contributed by atoms with Crippen LogP contribution in [0.3, 0.4) is 0 Å². The first-order valence-corrected chi connectivity index (χ1v) is 6.98. The smallest absolute Gasteiger partial charge is 0.278 e. The molecule has 1 aliphatic rings. The molecule has 6 heteroatoms. The number of benzene rings is 1. The molecule has 1 aromatic carbocycles. The molecule has 0 atom stereocenters. The van der Waals surface area contributed by atoms with E-state index in [2.05, 4.69) is 32.3 Å². The van der Waals surface area contributed by atoms with Gasteiger partial charge in [-0.15, -0.1) is 5.10 Å². The number of halogens is 1. The van der Waals surface area contributed by atoms with Crippen LogP contribution in [0.2, 0.25) is 0 Å². The van der Waals surface area contributed by atoms with Gasteiger partial charge in [0.25, 0.3) is 5.91 Å². The molecule has 1 amide bonds. The van der Waals surface area contributed by atoms with E-state index in [-0.39, 0.29) is 5.91 Å². The Morgan fingerprint density at radius 1 is 1.47 bits per heavy atom. The minimum atomic E-state index is -0.0343. The minimum Gasteiger partial charge on any atom is -0.306 e. The highest BCUT2D eigenvalue weighted by atomic mass is 79.9. The summed E-state index contributed by atoms with van der Waals surface area (Å²) < 4.78 is 2.67. The second-order valence-corrected chi connectivity index (χ2v) is 5.33. The molecule has 0 unspecified atom stereocenters. The molecule has 2 heterocycles. The molecule has 3 rings (SSSR count). The van der Waals surface area contributed by atoms with E-state index in [9.17, 15) is 4.79 Å². The first-order chi connectivity index (χ1) is 9.20. The lowest BCUT2D eigenvalue weighted by Crippen LogP contribution is -2.30. The van der Waals surface area contributed by atoms with Gasteiger partial charge in [-0.1, -0.05) is 21.1 Å². The number of aromatic nitrogens is 3. The summed E-state index contributed by atoms with van der Waals surface area (Å²) >= 11 is 3.46. The van der Waals surface area contributed by atoms with Crippen molar-refractivity contribution in [1.82, 2.24) is 15.0 Å². The number of fused-ring (bicyclic) bond motifs is 1. The third-order valence-corrected chi connectivity index (χ3v) is 3.81. The van der Waals surface area contributed by atoms with E-state index in [4.69, 9.17) is 0 Å². The summed E-state index contributed by atoms with van der Waals surface area (Å²) in [6, 6.07) is 6.00. The number of anilines is 1. The Bertz CT molecular complexity index is 637. The largest absolute Gasteiger partial charge is 0.306 e. The third-order valence-electron chi connectivity index (χ3n) is 3.32. The summed E-state index contributed by atoms with van der Waals surface area (Å²) in [5, 5.41) is 7.72. The zero-order valence-electron chi connectivity index (χ0n) is 10.5. The Labute approximate surface area is 119 Å². The number of hydrogen-bond acceptors (Lipinski definition) is 3. The predicted octanol–water partition coefficient (Wildman–Crippen LogP) is 2.26. The van der Waals surface area contributed by atoms with Gasteiger partial charge in [0.15, 0.2) is 0 Å². The molecule has 1 aromatic heterocycles. The second-order valence-electron chi connectivity index (χ2n) is 4.41. The maximum atomic E-state index is 12.5. The van der Waals surface area contributed by atoms with Gasteiger partial charge >= 0.3 is 0 Å². The van der Waals surface area contributed by atoms with E-state index in [1.807, 2.05) is 19.1 Å². The highest BCUT2D eigenvalue weighted by molar-refractivity contribution is 9.10. The van der Waals surface area contributed by atoms with Gasteiger partial charge in [-0.3, -0.25) is 4.79 Å². The molecule has 0 N–H and O–H groups in total. The summed E-state index contributed by atoms with van der Waals surface area (Å²) in [5.74, 6) is -0.0343. The molecular weight excluding hydrogens is 308 g/mol. The Balaban J connectivity index is 1.96. The molecule has 0 saturated carbocycles. The molecule has 0 saturated heterocycles. The Kier molecular flexibility index (Phi) is 3.10. The van der Waals surface area contributed by atoms with Crippen molar-refractivity contribution in [1.29, 1.82) is 0 Å². The average Bonchev–Trinajstić information content (AvgIpc) is 3.03. The normalized spacial score (nSPS) is 13.7. The Hall–Kier alpha value is -1.69. The maximum Gasteiger partial charge on any atom is 0.278 e. The molecule has 0 aliphatic carbocycles. The molecule has 0 radical (unpaired) electrons. The molecule has 0 bridgehead atoms. The van der Waals surface area contributed by atoms with E-state index in [1.165, 1.54) is 11.8 Å². The summed E-state index contributed by atoms with van der Waals surface area (Å²) in [7, 11) is 0. The minimum absolute atomic E-state index is 0.0343. The van der Waals surface area contributed by atoms with E-state index in [0.29, 0.717) is 18.8 Å². The summed E-state index contributed by atoms with van der Waals surface area (Å²) in [5.41, 5.74) is 2.72. The van der Waals surface area contributed by atoms with Gasteiger partial charge < -0.3 is 4.90 Å². The van der Waals surface area contributed by atoms with Crippen molar-refractivity contribution >= 4 is 27.5 Å². The molecule has 5 nitrogen and oxygen atoms in total. The summed E-state index contributed by atoms with van der Waals surface area (Å²) in [6.45, 7) is 3.29. The van der Waals surface area contributed by atoms with Crippen LogP contribution in [0.1, 0.15) is 23.0 Å². The van der Waals surface area contributed by atoms with Gasteiger partial charge in [0.2, 0.25) is 0 Å². The summed E-state index contributed by atoms with van der Waals surface area (Å²) in [4.78, 5) is 14.3. The van der Waals surface area contributed by atoms with E-state index in [0.717, 1.165) is 16.6 Å². The lowest BCUT2D eigenvalue weighted by molar-refractivity contribution is 0.0979. The van der Waals surface area contributed by atoms with E-state index >= 15 is 0 Å². The number of rotatable bonds is 2. The molecular formula is C13H13BrN4O. The van der Waals surface area contributed by atoms with Crippen molar-refractivity contribution in [3.05, 3.63) is 40.1 Å². The van der Waals surface area contributed by atoms with Crippen LogP contribution in [0.25, 0.3) is 0 Å². The first-order valence-electron chi connectivity index (χ1n) is 6.19. The lowest BCUT2D eigenvalue weighted by atomic mass is 10.2. The van der Waals surface area contributed by atoms with E-state index in [1.54, 1.807) is 9.58 Å². The SMILES string of the molecule is CCn1nncc1C(=O)N1CCc2cc(Br)ccc21. The fourth-order valence-electron chi connectivity index (χ4n) is 2.38. The maximum absolute atomic E-state index is 12.5. The Morgan fingerprint density at radius 3 is 3.11 bits per heavy atom. The number of carbonyl (C=O) groups is 1.